The molecule has 164 valence electrons. The van der Waals surface area contributed by atoms with Crippen LogP contribution in [0.3, 0.4) is 0 Å². The highest BCUT2D eigenvalue weighted by Crippen LogP contribution is 2.24. The first kappa shape index (κ1) is 21.5. The third-order valence-corrected chi connectivity index (χ3v) is 6.47. The number of amides is 2. The van der Waals surface area contributed by atoms with Gasteiger partial charge in [-0.3, -0.25) is 14.7 Å². The Morgan fingerprint density at radius 1 is 1.26 bits per heavy atom. The SMILES string of the molecule is CCN1CCN(C)N=C1c1ccc(N2C[C@H](CNC(=O)c3ccc(Cl)s3)OC2=O)cc1. The van der Waals surface area contributed by atoms with Crippen LogP contribution in [-0.4, -0.2) is 73.6 Å². The fraction of sp³-hybridized carbons (Fsp3) is 0.381. The average molecular weight is 462 g/mol. The van der Waals surface area contributed by atoms with Gasteiger partial charge in [-0.1, -0.05) is 11.6 Å². The molecule has 1 atom stereocenters. The number of hydrogen-bond acceptors (Lipinski definition) is 7. The third kappa shape index (κ3) is 4.77. The molecule has 31 heavy (non-hydrogen) atoms. The Morgan fingerprint density at radius 3 is 2.71 bits per heavy atom. The minimum Gasteiger partial charge on any atom is -0.442 e. The third-order valence-electron chi connectivity index (χ3n) is 5.24. The van der Waals surface area contributed by atoms with Crippen molar-refractivity contribution in [2.24, 2.45) is 5.10 Å². The molecule has 0 unspecified atom stereocenters. The van der Waals surface area contributed by atoms with Crippen LogP contribution in [0.15, 0.2) is 41.5 Å². The quantitative estimate of drug-likeness (QED) is 0.715. The molecule has 2 aliphatic heterocycles. The Kier molecular flexibility index (Phi) is 6.33. The van der Waals surface area contributed by atoms with Gasteiger partial charge in [0, 0.05) is 31.4 Å². The zero-order valence-electron chi connectivity index (χ0n) is 17.4. The Hall–Kier alpha value is -2.78. The summed E-state index contributed by atoms with van der Waals surface area (Å²) in [7, 11) is 1.97. The van der Waals surface area contributed by atoms with Crippen molar-refractivity contribution in [1.29, 1.82) is 0 Å². The van der Waals surface area contributed by atoms with E-state index in [9.17, 15) is 9.59 Å². The van der Waals surface area contributed by atoms with Gasteiger partial charge in [-0.15, -0.1) is 11.3 Å². The monoisotopic (exact) mass is 461 g/mol. The summed E-state index contributed by atoms with van der Waals surface area (Å²) in [6.45, 7) is 5.43. The topological polar surface area (TPSA) is 77.5 Å². The fourth-order valence-corrected chi connectivity index (χ4v) is 4.51. The van der Waals surface area contributed by atoms with Gasteiger partial charge in [-0.05, 0) is 43.3 Å². The summed E-state index contributed by atoms with van der Waals surface area (Å²) in [6.07, 6.45) is -0.838. The molecule has 8 nitrogen and oxygen atoms in total. The lowest BCUT2D eigenvalue weighted by atomic mass is 10.1. The minimum atomic E-state index is -0.420. The van der Waals surface area contributed by atoms with Crippen LogP contribution in [0, 0.1) is 0 Å². The molecule has 2 amide bonds. The summed E-state index contributed by atoms with van der Waals surface area (Å²) < 4.78 is 5.98. The number of cyclic esters (lactones) is 1. The molecule has 1 aromatic carbocycles. The summed E-state index contributed by atoms with van der Waals surface area (Å²) in [5.74, 6) is 0.704. The van der Waals surface area contributed by atoms with E-state index in [0.29, 0.717) is 15.8 Å². The number of hydrazone groups is 1. The standard InChI is InChI=1S/C21H24ClN5O3S/c1-3-26-11-10-25(2)24-19(26)14-4-6-15(7-5-14)27-13-16(30-21(27)29)12-23-20(28)17-8-9-18(22)31-17/h4-9,16H,3,10-13H2,1-2H3,(H,23,28)/t16-/m0/s1. The second-order valence-corrected chi connectivity index (χ2v) is 9.08. The number of carbonyl (C=O) groups excluding carboxylic acids is 2. The summed E-state index contributed by atoms with van der Waals surface area (Å²) >= 11 is 7.08. The molecule has 1 aromatic heterocycles. The molecule has 0 aliphatic carbocycles. The number of likely N-dealkylation sites (N-methyl/N-ethyl adjacent to an activating group) is 2. The summed E-state index contributed by atoms with van der Waals surface area (Å²) in [5.41, 5.74) is 1.75. The number of anilines is 1. The van der Waals surface area contributed by atoms with Crippen LogP contribution < -0.4 is 10.2 Å². The first-order chi connectivity index (χ1) is 14.9. The number of benzene rings is 1. The summed E-state index contributed by atoms with van der Waals surface area (Å²) in [6, 6.07) is 11.1. The molecular formula is C21H24ClN5O3S. The van der Waals surface area contributed by atoms with E-state index in [2.05, 4.69) is 22.2 Å². The Balaban J connectivity index is 1.38. The number of thiophene rings is 1. The smallest absolute Gasteiger partial charge is 0.414 e. The fourth-order valence-electron chi connectivity index (χ4n) is 3.55. The lowest BCUT2D eigenvalue weighted by Gasteiger charge is -2.32. The summed E-state index contributed by atoms with van der Waals surface area (Å²) in [4.78, 5) is 28.9. The van der Waals surface area contributed by atoms with E-state index in [-0.39, 0.29) is 12.5 Å². The Morgan fingerprint density at radius 2 is 2.03 bits per heavy atom. The molecule has 0 spiro atoms. The van der Waals surface area contributed by atoms with Crippen molar-refractivity contribution in [2.75, 3.05) is 44.7 Å². The van der Waals surface area contributed by atoms with Gasteiger partial charge in [0.05, 0.1) is 28.8 Å². The molecule has 0 bridgehead atoms. The van der Waals surface area contributed by atoms with Crippen molar-refractivity contribution in [1.82, 2.24) is 15.2 Å². The molecule has 2 aromatic rings. The van der Waals surface area contributed by atoms with Gasteiger partial charge in [-0.2, -0.15) is 5.10 Å². The van der Waals surface area contributed by atoms with Gasteiger partial charge >= 0.3 is 6.09 Å². The zero-order chi connectivity index (χ0) is 22.0. The normalized spacial score (nSPS) is 18.8. The van der Waals surface area contributed by atoms with Crippen molar-refractivity contribution in [3.8, 4) is 0 Å². The summed E-state index contributed by atoms with van der Waals surface area (Å²) in [5, 5.41) is 9.39. The first-order valence-corrected chi connectivity index (χ1v) is 11.3. The molecule has 10 heteroatoms. The number of halogens is 1. The van der Waals surface area contributed by atoms with E-state index < -0.39 is 12.2 Å². The largest absolute Gasteiger partial charge is 0.442 e. The predicted octanol–water partition coefficient (Wildman–Crippen LogP) is 3.09. The molecule has 2 aliphatic rings. The van der Waals surface area contributed by atoms with Gasteiger partial charge in [0.25, 0.3) is 5.91 Å². The number of rotatable bonds is 6. The number of amidine groups is 1. The lowest BCUT2D eigenvalue weighted by Crippen LogP contribution is -2.42. The predicted molar refractivity (Wildman–Crippen MR) is 122 cm³/mol. The van der Waals surface area contributed by atoms with E-state index in [0.717, 1.165) is 36.7 Å². The minimum absolute atomic E-state index is 0.227. The number of hydrogen-bond donors (Lipinski definition) is 1. The lowest BCUT2D eigenvalue weighted by molar-refractivity contribution is 0.0920. The van der Waals surface area contributed by atoms with Crippen LogP contribution in [0.25, 0.3) is 0 Å². The van der Waals surface area contributed by atoms with E-state index in [1.807, 2.05) is 36.3 Å². The highest BCUT2D eigenvalue weighted by molar-refractivity contribution is 7.18. The van der Waals surface area contributed by atoms with Crippen LogP contribution in [0.1, 0.15) is 22.2 Å². The van der Waals surface area contributed by atoms with E-state index in [4.69, 9.17) is 16.3 Å². The molecular weight excluding hydrogens is 438 g/mol. The van der Waals surface area contributed by atoms with Crippen LogP contribution in [0.4, 0.5) is 10.5 Å². The zero-order valence-corrected chi connectivity index (χ0v) is 18.9. The second kappa shape index (κ2) is 9.15. The van der Waals surface area contributed by atoms with Crippen molar-refractivity contribution in [3.63, 3.8) is 0 Å². The van der Waals surface area contributed by atoms with Gasteiger partial charge in [0.2, 0.25) is 0 Å². The first-order valence-electron chi connectivity index (χ1n) is 10.1. The molecule has 1 fully saturated rings. The van der Waals surface area contributed by atoms with E-state index in [1.165, 1.54) is 11.3 Å². The van der Waals surface area contributed by atoms with Crippen molar-refractivity contribution < 1.29 is 14.3 Å². The molecule has 1 saturated heterocycles. The van der Waals surface area contributed by atoms with Crippen LogP contribution in [0.2, 0.25) is 4.34 Å². The Bertz CT molecular complexity index is 993. The van der Waals surface area contributed by atoms with Crippen LogP contribution in [-0.2, 0) is 4.74 Å². The van der Waals surface area contributed by atoms with E-state index >= 15 is 0 Å². The number of nitrogens with zero attached hydrogens (tertiary/aromatic N) is 4. The van der Waals surface area contributed by atoms with Crippen LogP contribution in [0.5, 0.6) is 0 Å². The second-order valence-electron chi connectivity index (χ2n) is 7.36. The van der Waals surface area contributed by atoms with Gasteiger partial charge in [-0.25, -0.2) is 4.79 Å². The molecule has 4 rings (SSSR count). The van der Waals surface area contributed by atoms with E-state index in [1.54, 1.807) is 17.0 Å². The molecule has 0 saturated carbocycles. The van der Waals surface area contributed by atoms with Gasteiger partial charge in [0.15, 0.2) is 5.84 Å². The number of carbonyl (C=O) groups is 2. The number of ether oxygens (including phenoxy) is 1. The van der Waals surface area contributed by atoms with Crippen molar-refractivity contribution in [3.05, 3.63) is 51.2 Å². The van der Waals surface area contributed by atoms with Crippen LogP contribution >= 0.6 is 22.9 Å². The maximum Gasteiger partial charge on any atom is 0.414 e. The molecule has 1 N–H and O–H groups in total. The average Bonchev–Trinajstić information content (AvgIpc) is 3.37. The molecule has 0 radical (unpaired) electrons. The highest BCUT2D eigenvalue weighted by Gasteiger charge is 2.32. The van der Waals surface area contributed by atoms with Crippen molar-refractivity contribution >= 4 is 46.5 Å². The number of nitrogens with one attached hydrogen (secondary N) is 1. The van der Waals surface area contributed by atoms with Crippen molar-refractivity contribution in [2.45, 2.75) is 13.0 Å². The highest BCUT2D eigenvalue weighted by atomic mass is 35.5. The Labute approximate surface area is 190 Å². The molecule has 3 heterocycles. The van der Waals surface area contributed by atoms with Gasteiger partial charge in [0.1, 0.15) is 6.10 Å². The maximum absolute atomic E-state index is 12.4. The van der Waals surface area contributed by atoms with Gasteiger partial charge < -0.3 is 15.0 Å². The maximum atomic E-state index is 12.4.